The maximum Gasteiger partial charge on any atom is 0.302 e. The van der Waals surface area contributed by atoms with Crippen LogP contribution < -0.4 is 0 Å². The molecule has 2 aliphatic rings. The van der Waals surface area contributed by atoms with Crippen LogP contribution in [0.4, 0.5) is 0 Å². The normalized spacial score (nSPS) is 18.8. The fraction of sp³-hybridized carbons (Fsp3) is 0.138. The van der Waals surface area contributed by atoms with Gasteiger partial charge in [0.15, 0.2) is 5.78 Å². The quantitative estimate of drug-likeness (QED) is 0.455. The molecule has 0 aromatic heterocycles. The Bertz CT molecular complexity index is 1250. The summed E-state index contributed by atoms with van der Waals surface area (Å²) < 4.78 is 6.72. The number of aliphatic imine (C=N–C) groups is 1. The van der Waals surface area contributed by atoms with Gasteiger partial charge in [0.05, 0.1) is 6.42 Å². The molecule has 0 aliphatic carbocycles. The van der Waals surface area contributed by atoms with E-state index >= 15 is 0 Å². The van der Waals surface area contributed by atoms with Crippen LogP contribution in [0, 0.1) is 6.92 Å². The Morgan fingerprint density at radius 1 is 0.912 bits per heavy atom. The summed E-state index contributed by atoms with van der Waals surface area (Å²) in [5.74, 6) is -0.215. The van der Waals surface area contributed by atoms with Crippen molar-refractivity contribution < 1.29 is 14.3 Å². The van der Waals surface area contributed by atoms with E-state index in [0.29, 0.717) is 11.4 Å². The summed E-state index contributed by atoms with van der Waals surface area (Å²) in [6.07, 6.45) is 6.37. The Morgan fingerprint density at radius 2 is 1.53 bits per heavy atom. The second-order valence-electron chi connectivity index (χ2n) is 8.42. The highest BCUT2D eigenvalue weighted by Gasteiger charge is 2.54. The molecular weight excluding hydrogens is 424 g/mol. The van der Waals surface area contributed by atoms with Crippen LogP contribution in [0.15, 0.2) is 114 Å². The van der Waals surface area contributed by atoms with Gasteiger partial charge in [0.1, 0.15) is 11.9 Å². The molecule has 3 aromatic carbocycles. The van der Waals surface area contributed by atoms with E-state index < -0.39 is 17.7 Å². The number of hydrogen-bond acceptors (Lipinski definition) is 4. The first-order valence-corrected chi connectivity index (χ1v) is 11.2. The molecule has 5 nitrogen and oxygen atoms in total. The average molecular weight is 449 g/mol. The summed E-state index contributed by atoms with van der Waals surface area (Å²) in [5, 5.41) is 0. The number of ketones is 1. The van der Waals surface area contributed by atoms with Crippen LogP contribution in [0.1, 0.15) is 39.6 Å². The zero-order valence-corrected chi connectivity index (χ0v) is 18.8. The zero-order valence-electron chi connectivity index (χ0n) is 18.8. The van der Waals surface area contributed by atoms with Crippen molar-refractivity contribution >= 4 is 17.5 Å². The Labute approximate surface area is 198 Å². The average Bonchev–Trinajstić information content (AvgIpc) is 3.15. The van der Waals surface area contributed by atoms with Crippen molar-refractivity contribution in [2.24, 2.45) is 4.99 Å². The van der Waals surface area contributed by atoms with Crippen LogP contribution in [-0.4, -0.2) is 28.2 Å². The number of amidine groups is 1. The molecule has 2 aliphatic heterocycles. The molecule has 0 spiro atoms. The zero-order chi connectivity index (χ0) is 23.5. The van der Waals surface area contributed by atoms with E-state index in [9.17, 15) is 9.59 Å². The van der Waals surface area contributed by atoms with Gasteiger partial charge >= 0.3 is 5.91 Å². The monoisotopic (exact) mass is 448 g/mol. The largest absolute Gasteiger partial charge is 0.333 e. The number of benzene rings is 3. The Morgan fingerprint density at radius 3 is 2.15 bits per heavy atom. The highest BCUT2D eigenvalue weighted by molar-refractivity contribution is 6.13. The van der Waals surface area contributed by atoms with E-state index in [4.69, 9.17) is 4.74 Å². The van der Waals surface area contributed by atoms with Gasteiger partial charge in [0, 0.05) is 11.8 Å². The fourth-order valence-corrected chi connectivity index (χ4v) is 4.27. The molecule has 2 heterocycles. The topological polar surface area (TPSA) is 59.0 Å². The number of aryl methyl sites for hydroxylation is 1. The minimum atomic E-state index is -1.60. The van der Waals surface area contributed by atoms with Gasteiger partial charge in [-0.2, -0.15) is 4.99 Å². The van der Waals surface area contributed by atoms with Crippen molar-refractivity contribution in [2.75, 3.05) is 0 Å². The molecule has 34 heavy (non-hydrogen) atoms. The van der Waals surface area contributed by atoms with E-state index in [2.05, 4.69) is 4.99 Å². The van der Waals surface area contributed by atoms with Crippen LogP contribution in [-0.2, 0) is 9.53 Å². The number of carbonyl (C=O) groups excluding carboxylic acids is 2. The van der Waals surface area contributed by atoms with Gasteiger partial charge in [-0.3, -0.25) is 14.5 Å². The lowest BCUT2D eigenvalue weighted by atomic mass is 9.96. The number of hydrogen-bond donors (Lipinski definition) is 0. The molecular formula is C29H24N2O3. The van der Waals surface area contributed by atoms with Crippen LogP contribution in [0.5, 0.6) is 0 Å². The van der Waals surface area contributed by atoms with Gasteiger partial charge in [-0.25, -0.2) is 0 Å². The lowest BCUT2D eigenvalue weighted by molar-refractivity contribution is -0.164. The first kappa shape index (κ1) is 21.7. The third-order valence-corrected chi connectivity index (χ3v) is 6.07. The number of rotatable bonds is 7. The molecule has 3 aromatic rings. The molecule has 1 unspecified atom stereocenters. The Hall–Kier alpha value is -4.09. The lowest BCUT2D eigenvalue weighted by Crippen LogP contribution is -2.53. The molecule has 0 bridgehead atoms. The van der Waals surface area contributed by atoms with Gasteiger partial charge in [0.25, 0.3) is 0 Å². The number of Topliss-reactive ketones (excluding diaryl/α,β-unsaturated/α-hetero) is 1. The van der Waals surface area contributed by atoms with E-state index in [1.807, 2.05) is 91.9 Å². The Balaban J connectivity index is 1.59. The van der Waals surface area contributed by atoms with E-state index in [1.54, 1.807) is 29.3 Å². The molecule has 1 atom stereocenters. The maximum absolute atomic E-state index is 13.5. The number of allylic oxidation sites excluding steroid dienone is 2. The van der Waals surface area contributed by atoms with Crippen LogP contribution in [0.25, 0.3) is 0 Å². The van der Waals surface area contributed by atoms with E-state index in [1.165, 1.54) is 0 Å². The SMILES string of the molecule is Cc1ccc(C(=O)CC2(OC(c3ccccc3)c3ccccc3)C(=O)N=C3C=CC=CN32)cc1. The Kier molecular flexibility index (Phi) is 5.78. The predicted molar refractivity (Wildman–Crippen MR) is 131 cm³/mol. The first-order chi connectivity index (χ1) is 16.6. The van der Waals surface area contributed by atoms with Gasteiger partial charge in [-0.15, -0.1) is 0 Å². The second kappa shape index (κ2) is 9.04. The molecule has 0 saturated carbocycles. The molecule has 0 saturated heterocycles. The van der Waals surface area contributed by atoms with Crippen molar-refractivity contribution in [1.82, 2.24) is 4.90 Å². The molecule has 5 heteroatoms. The smallest absolute Gasteiger partial charge is 0.302 e. The van der Waals surface area contributed by atoms with Crippen molar-refractivity contribution in [3.63, 3.8) is 0 Å². The fourth-order valence-electron chi connectivity index (χ4n) is 4.27. The molecule has 0 radical (unpaired) electrons. The van der Waals surface area contributed by atoms with Crippen molar-refractivity contribution in [2.45, 2.75) is 25.2 Å². The number of fused-ring (bicyclic) bond motifs is 1. The minimum Gasteiger partial charge on any atom is -0.333 e. The summed E-state index contributed by atoms with van der Waals surface area (Å²) in [5.41, 5.74) is 1.75. The van der Waals surface area contributed by atoms with Crippen LogP contribution in [0.2, 0.25) is 0 Å². The number of ether oxygens (including phenoxy) is 1. The molecule has 0 N–H and O–H groups in total. The highest BCUT2D eigenvalue weighted by atomic mass is 16.5. The summed E-state index contributed by atoms with van der Waals surface area (Å²) in [6, 6.07) is 26.8. The van der Waals surface area contributed by atoms with Gasteiger partial charge in [0.2, 0.25) is 5.72 Å². The third-order valence-electron chi connectivity index (χ3n) is 6.07. The van der Waals surface area contributed by atoms with Crippen LogP contribution in [0.3, 0.4) is 0 Å². The predicted octanol–water partition coefficient (Wildman–Crippen LogP) is 5.39. The van der Waals surface area contributed by atoms with Gasteiger partial charge < -0.3 is 4.74 Å². The second-order valence-corrected chi connectivity index (χ2v) is 8.42. The van der Waals surface area contributed by atoms with Crippen LogP contribution >= 0.6 is 0 Å². The number of carbonyl (C=O) groups is 2. The summed E-state index contributed by atoms with van der Waals surface area (Å²) in [6.45, 7) is 1.97. The van der Waals surface area contributed by atoms with E-state index in [0.717, 1.165) is 16.7 Å². The van der Waals surface area contributed by atoms with Crippen molar-refractivity contribution in [1.29, 1.82) is 0 Å². The van der Waals surface area contributed by atoms with E-state index in [-0.39, 0.29) is 12.2 Å². The third kappa shape index (κ3) is 4.02. The van der Waals surface area contributed by atoms with Crippen molar-refractivity contribution in [3.8, 4) is 0 Å². The van der Waals surface area contributed by atoms with Gasteiger partial charge in [-0.05, 0) is 30.2 Å². The number of nitrogens with zero attached hydrogens (tertiary/aromatic N) is 2. The summed E-state index contributed by atoms with van der Waals surface area (Å²) in [4.78, 5) is 32.9. The lowest BCUT2D eigenvalue weighted by Gasteiger charge is -2.38. The molecule has 0 fully saturated rings. The maximum atomic E-state index is 13.5. The number of amides is 1. The molecule has 5 rings (SSSR count). The summed E-state index contributed by atoms with van der Waals surface area (Å²) >= 11 is 0. The van der Waals surface area contributed by atoms with Gasteiger partial charge in [-0.1, -0.05) is 96.6 Å². The molecule has 168 valence electrons. The molecule has 1 amide bonds. The summed E-state index contributed by atoms with van der Waals surface area (Å²) in [7, 11) is 0. The highest BCUT2D eigenvalue weighted by Crippen LogP contribution is 2.40. The standard InChI is InChI=1S/C29H24N2O3/c1-21-15-17-22(18-16-21)25(32)20-29(28(33)30-26-14-8-9-19-31(26)29)34-27(23-10-4-2-5-11-23)24-12-6-3-7-13-24/h2-19,27H,20H2,1H3. The van der Waals surface area contributed by atoms with Crippen molar-refractivity contribution in [3.05, 3.63) is 132 Å². The first-order valence-electron chi connectivity index (χ1n) is 11.2. The minimum absolute atomic E-state index is 0.170.